The maximum atomic E-state index is 6.23. The molecule has 1 aromatic carbocycles. The molecule has 1 unspecified atom stereocenters. The molecule has 2 heterocycles. The number of rotatable bonds is 3. The fourth-order valence-corrected chi connectivity index (χ4v) is 2.80. The van der Waals surface area contributed by atoms with Gasteiger partial charge in [-0.25, -0.2) is 5.43 Å². The third-order valence-corrected chi connectivity index (χ3v) is 3.82. The van der Waals surface area contributed by atoms with Crippen molar-refractivity contribution in [1.29, 1.82) is 0 Å². The van der Waals surface area contributed by atoms with E-state index in [2.05, 4.69) is 16.5 Å². The van der Waals surface area contributed by atoms with Gasteiger partial charge in [-0.1, -0.05) is 29.8 Å². The Bertz CT molecular complexity index is 618. The zero-order valence-corrected chi connectivity index (χ0v) is 11.7. The molecule has 1 aliphatic rings. The first-order valence-corrected chi connectivity index (χ1v) is 7.00. The van der Waals surface area contributed by atoms with Crippen LogP contribution in [0.25, 0.3) is 0 Å². The smallest absolute Gasteiger partial charge is 0.127 e. The second-order valence-corrected chi connectivity index (χ2v) is 5.16. The van der Waals surface area contributed by atoms with Gasteiger partial charge in [0.2, 0.25) is 0 Å². The maximum Gasteiger partial charge on any atom is 0.127 e. The summed E-state index contributed by atoms with van der Waals surface area (Å²) in [5, 5.41) is 0.587. The predicted molar refractivity (Wildman–Crippen MR) is 78.7 cm³/mol. The quantitative estimate of drug-likeness (QED) is 0.673. The van der Waals surface area contributed by atoms with Crippen molar-refractivity contribution in [1.82, 2.24) is 10.4 Å². The fourth-order valence-electron chi connectivity index (χ4n) is 2.57. The number of fused-ring (bicyclic) bond motifs is 1. The molecule has 3 rings (SSSR count). The summed E-state index contributed by atoms with van der Waals surface area (Å²) in [5.41, 5.74) is 5.69. The highest BCUT2D eigenvalue weighted by Crippen LogP contribution is 2.36. The molecule has 1 aromatic heterocycles. The van der Waals surface area contributed by atoms with Crippen molar-refractivity contribution in [3.8, 4) is 5.75 Å². The van der Waals surface area contributed by atoms with E-state index < -0.39 is 0 Å². The van der Waals surface area contributed by atoms with Gasteiger partial charge in [0.25, 0.3) is 0 Å². The minimum Gasteiger partial charge on any atom is -0.493 e. The minimum atomic E-state index is -0.281. The van der Waals surface area contributed by atoms with Crippen molar-refractivity contribution in [2.24, 2.45) is 5.84 Å². The molecule has 0 saturated carbocycles. The van der Waals surface area contributed by atoms with Crippen molar-refractivity contribution < 1.29 is 4.74 Å². The van der Waals surface area contributed by atoms with E-state index in [0.29, 0.717) is 10.7 Å². The Morgan fingerprint density at radius 1 is 1.30 bits per heavy atom. The van der Waals surface area contributed by atoms with Gasteiger partial charge in [-0.2, -0.15) is 0 Å². The highest BCUT2D eigenvalue weighted by atomic mass is 35.5. The van der Waals surface area contributed by atoms with Crippen LogP contribution in [0.2, 0.25) is 5.02 Å². The van der Waals surface area contributed by atoms with Gasteiger partial charge in [0.05, 0.1) is 23.4 Å². The molecule has 0 radical (unpaired) electrons. The molecular formula is C15H16ClN3O. The molecule has 20 heavy (non-hydrogen) atoms. The van der Waals surface area contributed by atoms with E-state index in [1.54, 1.807) is 12.3 Å². The SMILES string of the molecule is NNC(c1cccc2c1OCCC2)c1ncccc1Cl. The van der Waals surface area contributed by atoms with Crippen LogP contribution in [0.15, 0.2) is 36.5 Å². The van der Waals surface area contributed by atoms with Crippen LogP contribution in [0.3, 0.4) is 0 Å². The number of benzene rings is 1. The summed E-state index contributed by atoms with van der Waals surface area (Å²) in [7, 11) is 0. The van der Waals surface area contributed by atoms with Crippen LogP contribution in [-0.4, -0.2) is 11.6 Å². The van der Waals surface area contributed by atoms with Gasteiger partial charge in [-0.3, -0.25) is 10.8 Å². The van der Waals surface area contributed by atoms with Crippen LogP contribution in [0, 0.1) is 0 Å². The van der Waals surface area contributed by atoms with Crippen LogP contribution in [0.1, 0.15) is 29.3 Å². The molecular weight excluding hydrogens is 274 g/mol. The van der Waals surface area contributed by atoms with Gasteiger partial charge in [-0.05, 0) is 30.5 Å². The number of hydrogen-bond donors (Lipinski definition) is 2. The molecule has 0 amide bonds. The largest absolute Gasteiger partial charge is 0.493 e. The van der Waals surface area contributed by atoms with Crippen molar-refractivity contribution in [2.75, 3.05) is 6.61 Å². The molecule has 2 aromatic rings. The first-order valence-electron chi connectivity index (χ1n) is 6.62. The monoisotopic (exact) mass is 289 g/mol. The Morgan fingerprint density at radius 2 is 2.20 bits per heavy atom. The molecule has 3 N–H and O–H groups in total. The average Bonchev–Trinajstić information content (AvgIpc) is 2.50. The Labute approximate surface area is 122 Å². The lowest BCUT2D eigenvalue weighted by Gasteiger charge is -2.25. The number of hydrazine groups is 1. The third kappa shape index (κ3) is 2.38. The second kappa shape index (κ2) is 5.79. The molecule has 104 valence electrons. The number of aromatic nitrogens is 1. The molecule has 4 nitrogen and oxygen atoms in total. The molecule has 0 fully saturated rings. The number of hydrogen-bond acceptors (Lipinski definition) is 4. The molecule has 0 spiro atoms. The number of nitrogens with two attached hydrogens (primary N) is 1. The third-order valence-electron chi connectivity index (χ3n) is 3.50. The molecule has 5 heteroatoms. The van der Waals surface area contributed by atoms with Gasteiger partial charge in [0.15, 0.2) is 0 Å². The molecule has 1 atom stereocenters. The van der Waals surface area contributed by atoms with Crippen LogP contribution in [0.4, 0.5) is 0 Å². The minimum absolute atomic E-state index is 0.281. The van der Waals surface area contributed by atoms with E-state index in [4.69, 9.17) is 22.2 Å². The fraction of sp³-hybridized carbons (Fsp3) is 0.267. The van der Waals surface area contributed by atoms with E-state index in [1.165, 1.54) is 5.56 Å². The highest BCUT2D eigenvalue weighted by Gasteiger charge is 2.23. The van der Waals surface area contributed by atoms with Crippen molar-refractivity contribution in [3.05, 3.63) is 58.4 Å². The van der Waals surface area contributed by atoms with Gasteiger partial charge in [0.1, 0.15) is 5.75 Å². The summed E-state index contributed by atoms with van der Waals surface area (Å²) in [6, 6.07) is 9.44. The first kappa shape index (κ1) is 13.4. The van der Waals surface area contributed by atoms with Crippen molar-refractivity contribution >= 4 is 11.6 Å². The molecule has 0 bridgehead atoms. The number of pyridine rings is 1. The van der Waals surface area contributed by atoms with E-state index in [1.807, 2.05) is 18.2 Å². The lowest BCUT2D eigenvalue weighted by molar-refractivity contribution is 0.283. The number of nitrogens with one attached hydrogen (secondary N) is 1. The van der Waals surface area contributed by atoms with E-state index in [0.717, 1.165) is 30.8 Å². The van der Waals surface area contributed by atoms with Crippen molar-refractivity contribution in [3.63, 3.8) is 0 Å². The number of aryl methyl sites for hydroxylation is 1. The zero-order chi connectivity index (χ0) is 13.9. The topological polar surface area (TPSA) is 60.2 Å². The summed E-state index contributed by atoms with van der Waals surface area (Å²) in [6.45, 7) is 0.733. The van der Waals surface area contributed by atoms with Gasteiger partial charge in [-0.15, -0.1) is 0 Å². The number of para-hydroxylation sites is 1. The highest BCUT2D eigenvalue weighted by molar-refractivity contribution is 6.31. The van der Waals surface area contributed by atoms with Gasteiger partial charge < -0.3 is 4.74 Å². The summed E-state index contributed by atoms with van der Waals surface area (Å²) in [4.78, 5) is 4.34. The van der Waals surface area contributed by atoms with E-state index >= 15 is 0 Å². The number of nitrogens with zero attached hydrogens (tertiary/aromatic N) is 1. The van der Waals surface area contributed by atoms with Crippen LogP contribution >= 0.6 is 11.6 Å². The van der Waals surface area contributed by atoms with Gasteiger partial charge in [0, 0.05) is 11.8 Å². The number of halogens is 1. The maximum absolute atomic E-state index is 6.23. The Balaban J connectivity index is 2.09. The second-order valence-electron chi connectivity index (χ2n) is 4.76. The first-order chi connectivity index (χ1) is 9.81. The standard InChI is InChI=1S/C15H16ClN3O/c16-12-7-2-8-18-14(12)13(19-17)11-6-1-4-10-5-3-9-20-15(10)11/h1-2,4,6-8,13,19H,3,5,9,17H2. The summed E-state index contributed by atoms with van der Waals surface area (Å²) >= 11 is 6.23. The average molecular weight is 290 g/mol. The zero-order valence-electron chi connectivity index (χ0n) is 11.0. The van der Waals surface area contributed by atoms with Crippen LogP contribution in [-0.2, 0) is 6.42 Å². The van der Waals surface area contributed by atoms with E-state index in [-0.39, 0.29) is 6.04 Å². The summed E-state index contributed by atoms with van der Waals surface area (Å²) in [6.07, 6.45) is 3.78. The van der Waals surface area contributed by atoms with Crippen molar-refractivity contribution in [2.45, 2.75) is 18.9 Å². The summed E-state index contributed by atoms with van der Waals surface area (Å²) in [5.74, 6) is 6.64. The van der Waals surface area contributed by atoms with Crippen LogP contribution < -0.4 is 16.0 Å². The molecule has 1 aliphatic heterocycles. The Kier molecular flexibility index (Phi) is 3.87. The lowest BCUT2D eigenvalue weighted by Crippen LogP contribution is -2.30. The number of ether oxygens (including phenoxy) is 1. The predicted octanol–water partition coefficient (Wildman–Crippen LogP) is 2.61. The molecule has 0 saturated heterocycles. The van der Waals surface area contributed by atoms with E-state index in [9.17, 15) is 0 Å². The summed E-state index contributed by atoms with van der Waals surface area (Å²) < 4.78 is 5.83. The Morgan fingerprint density at radius 3 is 3.00 bits per heavy atom. The van der Waals surface area contributed by atoms with Crippen LogP contribution in [0.5, 0.6) is 5.75 Å². The molecule has 0 aliphatic carbocycles. The lowest BCUT2D eigenvalue weighted by atomic mass is 9.96. The normalized spacial score (nSPS) is 15.3. The Hall–Kier alpha value is -1.62. The van der Waals surface area contributed by atoms with Gasteiger partial charge >= 0.3 is 0 Å².